The van der Waals surface area contributed by atoms with Crippen LogP contribution in [0.15, 0.2) is 0 Å². The maximum Gasteiger partial charge on any atom is 0.158 e. The Morgan fingerprint density at radius 1 is 0.900 bits per heavy atom. The summed E-state index contributed by atoms with van der Waals surface area (Å²) in [6.45, 7) is 13.0. The van der Waals surface area contributed by atoms with E-state index in [0.717, 1.165) is 32.5 Å². The Balaban J connectivity index is 1.75. The van der Waals surface area contributed by atoms with Gasteiger partial charge in [-0.05, 0) is 36.5 Å². The van der Waals surface area contributed by atoms with E-state index in [-0.39, 0.29) is 23.2 Å². The predicted octanol–water partition coefficient (Wildman–Crippen LogP) is 4.15. The minimum Gasteiger partial charge on any atom is -0.378 e. The van der Waals surface area contributed by atoms with E-state index in [1.54, 1.807) is 0 Å². The van der Waals surface area contributed by atoms with Gasteiger partial charge in [-0.1, -0.05) is 34.6 Å². The van der Waals surface area contributed by atoms with Crippen LogP contribution in [0.2, 0.25) is 0 Å². The first-order valence-corrected chi connectivity index (χ1v) is 8.12. The topological polar surface area (TPSA) is 27.7 Å². The Morgan fingerprint density at radius 3 is 2.20 bits per heavy atom. The van der Waals surface area contributed by atoms with Gasteiger partial charge in [-0.3, -0.25) is 0 Å². The van der Waals surface area contributed by atoms with Gasteiger partial charge in [-0.25, -0.2) is 0 Å². The van der Waals surface area contributed by atoms with Crippen LogP contribution >= 0.6 is 0 Å². The Morgan fingerprint density at radius 2 is 1.60 bits per heavy atom. The Bertz CT molecular complexity index is 300. The molecule has 0 saturated carbocycles. The van der Waals surface area contributed by atoms with Gasteiger partial charge in [0.25, 0.3) is 0 Å². The molecule has 0 radical (unpaired) electrons. The van der Waals surface area contributed by atoms with Gasteiger partial charge < -0.3 is 14.2 Å². The zero-order valence-corrected chi connectivity index (χ0v) is 13.9. The summed E-state index contributed by atoms with van der Waals surface area (Å²) in [5.41, 5.74) is 0.520. The molecule has 0 aromatic rings. The highest BCUT2D eigenvalue weighted by Gasteiger charge is 2.35. The fraction of sp³-hybridized carbons (Fsp3) is 1.00. The highest BCUT2D eigenvalue weighted by molar-refractivity contribution is 4.81. The first-order valence-electron chi connectivity index (χ1n) is 8.12. The van der Waals surface area contributed by atoms with Gasteiger partial charge in [0, 0.05) is 13.0 Å². The lowest BCUT2D eigenvalue weighted by atomic mass is 9.81. The molecule has 2 fully saturated rings. The van der Waals surface area contributed by atoms with E-state index in [9.17, 15) is 0 Å². The largest absolute Gasteiger partial charge is 0.378 e. The summed E-state index contributed by atoms with van der Waals surface area (Å²) in [5, 5.41) is 0. The third-order valence-corrected chi connectivity index (χ3v) is 4.18. The van der Waals surface area contributed by atoms with Crippen molar-refractivity contribution >= 4 is 0 Å². The van der Waals surface area contributed by atoms with Crippen molar-refractivity contribution < 1.29 is 14.2 Å². The van der Waals surface area contributed by atoms with E-state index in [4.69, 9.17) is 14.2 Å². The summed E-state index contributed by atoms with van der Waals surface area (Å²) in [6.07, 6.45) is 6.30. The van der Waals surface area contributed by atoms with E-state index >= 15 is 0 Å². The van der Waals surface area contributed by atoms with Crippen molar-refractivity contribution in [2.45, 2.75) is 85.2 Å². The molecular weight excluding hydrogens is 252 g/mol. The van der Waals surface area contributed by atoms with Crippen LogP contribution in [0.25, 0.3) is 0 Å². The second-order valence-electron chi connectivity index (χ2n) is 8.49. The molecule has 0 aromatic heterocycles. The second kappa shape index (κ2) is 6.33. The lowest BCUT2D eigenvalue weighted by Crippen LogP contribution is -2.27. The van der Waals surface area contributed by atoms with Crippen LogP contribution in [0.4, 0.5) is 0 Å². The van der Waals surface area contributed by atoms with E-state index in [1.165, 1.54) is 12.8 Å². The zero-order valence-electron chi connectivity index (χ0n) is 13.9. The third-order valence-electron chi connectivity index (χ3n) is 4.18. The van der Waals surface area contributed by atoms with Crippen LogP contribution < -0.4 is 0 Å². The Hall–Kier alpha value is -0.120. The monoisotopic (exact) mass is 284 g/mol. The molecule has 0 bridgehead atoms. The highest BCUT2D eigenvalue weighted by Crippen LogP contribution is 2.36. The van der Waals surface area contributed by atoms with E-state index in [1.807, 2.05) is 0 Å². The van der Waals surface area contributed by atoms with Crippen LogP contribution in [-0.2, 0) is 14.2 Å². The van der Waals surface area contributed by atoms with Gasteiger partial charge in [0.05, 0.1) is 18.8 Å². The molecule has 0 N–H and O–H groups in total. The van der Waals surface area contributed by atoms with Gasteiger partial charge in [0.1, 0.15) is 0 Å². The van der Waals surface area contributed by atoms with Gasteiger partial charge in [0.2, 0.25) is 0 Å². The molecule has 2 saturated heterocycles. The molecule has 2 aliphatic heterocycles. The molecule has 3 heteroatoms. The summed E-state index contributed by atoms with van der Waals surface area (Å²) in [5.74, 6) is 0. The zero-order chi connectivity index (χ0) is 14.8. The third kappa shape index (κ3) is 5.34. The number of hydrogen-bond acceptors (Lipinski definition) is 3. The molecule has 2 aliphatic rings. The minimum atomic E-state index is -0.0152. The van der Waals surface area contributed by atoms with Gasteiger partial charge in [-0.2, -0.15) is 0 Å². The first-order chi connectivity index (χ1) is 9.23. The maximum atomic E-state index is 6.07. The smallest absolute Gasteiger partial charge is 0.158 e. The van der Waals surface area contributed by atoms with Gasteiger partial charge >= 0.3 is 0 Å². The van der Waals surface area contributed by atoms with E-state index < -0.39 is 0 Å². The fourth-order valence-corrected chi connectivity index (χ4v) is 3.34. The molecule has 3 nitrogen and oxygen atoms in total. The summed E-state index contributed by atoms with van der Waals surface area (Å²) in [6, 6.07) is 0. The average Bonchev–Trinajstić information content (AvgIpc) is 2.87. The van der Waals surface area contributed by atoms with Crippen molar-refractivity contribution in [3.63, 3.8) is 0 Å². The van der Waals surface area contributed by atoms with Crippen LogP contribution in [0.5, 0.6) is 0 Å². The molecule has 118 valence electrons. The first kappa shape index (κ1) is 16.3. The summed E-state index contributed by atoms with van der Waals surface area (Å²) < 4.78 is 17.6. The second-order valence-corrected chi connectivity index (χ2v) is 8.49. The van der Waals surface area contributed by atoms with Gasteiger partial charge in [0.15, 0.2) is 6.29 Å². The van der Waals surface area contributed by atoms with Gasteiger partial charge in [-0.15, -0.1) is 0 Å². The van der Waals surface area contributed by atoms with Crippen LogP contribution in [0, 0.1) is 10.8 Å². The molecule has 3 atom stereocenters. The van der Waals surface area contributed by atoms with E-state index in [2.05, 4.69) is 34.6 Å². The maximum absolute atomic E-state index is 6.07. The number of rotatable bonds is 5. The summed E-state index contributed by atoms with van der Waals surface area (Å²) in [4.78, 5) is 0. The van der Waals surface area contributed by atoms with Crippen LogP contribution in [0.3, 0.4) is 0 Å². The number of ether oxygens (including phenoxy) is 3. The molecule has 0 spiro atoms. The summed E-state index contributed by atoms with van der Waals surface area (Å²) >= 11 is 0. The average molecular weight is 284 g/mol. The predicted molar refractivity (Wildman–Crippen MR) is 80.7 cm³/mol. The van der Waals surface area contributed by atoms with Crippen molar-refractivity contribution in [2.75, 3.05) is 13.2 Å². The van der Waals surface area contributed by atoms with Crippen molar-refractivity contribution in [2.24, 2.45) is 10.8 Å². The highest BCUT2D eigenvalue weighted by atomic mass is 16.7. The molecule has 0 aromatic carbocycles. The fourth-order valence-electron chi connectivity index (χ4n) is 3.34. The van der Waals surface area contributed by atoms with Crippen molar-refractivity contribution in [1.29, 1.82) is 0 Å². The standard InChI is InChI=1S/C17H32O3/c1-16(2,3)11-15-19-12-14(20-15)10-17(4,5)9-13-7-6-8-18-13/h13-15H,6-12H2,1-5H3. The van der Waals surface area contributed by atoms with Crippen molar-refractivity contribution in [1.82, 2.24) is 0 Å². The van der Waals surface area contributed by atoms with Crippen LogP contribution in [-0.4, -0.2) is 31.7 Å². The van der Waals surface area contributed by atoms with Crippen molar-refractivity contribution in [3.8, 4) is 0 Å². The normalized spacial score (nSPS) is 31.9. The lowest BCUT2D eigenvalue weighted by molar-refractivity contribution is -0.0848. The molecule has 2 rings (SSSR count). The summed E-state index contributed by atoms with van der Waals surface area (Å²) in [7, 11) is 0. The molecule has 2 heterocycles. The SMILES string of the molecule is CC(C)(C)CC1OCC(CC(C)(C)CC2CCCO2)O1. The molecular formula is C17H32O3. The molecule has 0 amide bonds. The Kier molecular flexibility index (Phi) is 5.14. The van der Waals surface area contributed by atoms with Crippen LogP contribution in [0.1, 0.15) is 66.7 Å². The molecule has 0 aliphatic carbocycles. The molecule has 20 heavy (non-hydrogen) atoms. The molecule has 3 unspecified atom stereocenters. The van der Waals surface area contributed by atoms with Crippen molar-refractivity contribution in [3.05, 3.63) is 0 Å². The lowest BCUT2D eigenvalue weighted by Gasteiger charge is -2.30. The quantitative estimate of drug-likeness (QED) is 0.759. The Labute approximate surface area is 124 Å². The number of hydrogen-bond donors (Lipinski definition) is 0. The van der Waals surface area contributed by atoms with E-state index in [0.29, 0.717) is 6.10 Å². The minimum absolute atomic E-state index is 0.0152.